The fourth-order valence-electron chi connectivity index (χ4n) is 5.65. The van der Waals surface area contributed by atoms with Gasteiger partial charge in [-0.05, 0) is 58.1 Å². The van der Waals surface area contributed by atoms with Crippen LogP contribution in [0.1, 0.15) is 62.8 Å². The lowest BCUT2D eigenvalue weighted by molar-refractivity contribution is -0.386. The van der Waals surface area contributed by atoms with Gasteiger partial charge in [-0.3, -0.25) is 20.2 Å². The normalized spacial score (nSPS) is 19.7. The van der Waals surface area contributed by atoms with Crippen LogP contribution < -0.4 is 0 Å². The molecule has 0 amide bonds. The Kier molecular flexibility index (Phi) is 3.61. The van der Waals surface area contributed by atoms with Gasteiger partial charge < -0.3 is 10.2 Å². The first-order chi connectivity index (χ1) is 13.3. The van der Waals surface area contributed by atoms with Gasteiger partial charge in [0.25, 0.3) is 0 Å². The lowest BCUT2D eigenvalue weighted by Crippen LogP contribution is -2.26. The number of hydrogen-bond donors (Lipinski definition) is 2. The molecule has 2 aliphatic carbocycles. The number of aromatic hydroxyl groups is 2. The SMILES string of the molecule is CC1(C)CC2(CC(C)(C)c3cc([N+](=O)[O-])c(O)cc32)c2cc(O)c([N+](=O)[O-])cc21. The average Bonchev–Trinajstić information content (AvgIpc) is 2.92. The van der Waals surface area contributed by atoms with Crippen molar-refractivity contribution in [3.05, 3.63) is 66.7 Å². The van der Waals surface area contributed by atoms with E-state index >= 15 is 0 Å². The zero-order valence-corrected chi connectivity index (χ0v) is 16.6. The highest BCUT2D eigenvalue weighted by atomic mass is 16.6. The summed E-state index contributed by atoms with van der Waals surface area (Å²) in [5.41, 5.74) is 1.03. The van der Waals surface area contributed by atoms with Gasteiger partial charge in [-0.2, -0.15) is 0 Å². The molecule has 2 N–H and O–H groups in total. The highest BCUT2D eigenvalue weighted by Gasteiger charge is 2.57. The molecule has 29 heavy (non-hydrogen) atoms. The molecule has 0 fully saturated rings. The van der Waals surface area contributed by atoms with Crippen LogP contribution in [0.25, 0.3) is 0 Å². The monoisotopic (exact) mass is 398 g/mol. The van der Waals surface area contributed by atoms with E-state index in [2.05, 4.69) is 0 Å². The van der Waals surface area contributed by atoms with Gasteiger partial charge in [-0.1, -0.05) is 27.7 Å². The van der Waals surface area contributed by atoms with Crippen LogP contribution in [0.5, 0.6) is 11.5 Å². The molecule has 8 heteroatoms. The minimum atomic E-state index is -0.600. The van der Waals surface area contributed by atoms with Crippen molar-refractivity contribution >= 4 is 11.4 Å². The van der Waals surface area contributed by atoms with Crippen molar-refractivity contribution in [3.8, 4) is 11.5 Å². The predicted molar refractivity (Wildman–Crippen MR) is 106 cm³/mol. The van der Waals surface area contributed by atoms with E-state index in [1.54, 1.807) is 0 Å². The third-order valence-electron chi connectivity index (χ3n) is 6.60. The maximum absolute atomic E-state index is 11.3. The van der Waals surface area contributed by atoms with E-state index in [-0.39, 0.29) is 11.4 Å². The van der Waals surface area contributed by atoms with Crippen molar-refractivity contribution in [1.29, 1.82) is 0 Å². The first kappa shape index (κ1) is 19.2. The van der Waals surface area contributed by atoms with Crippen LogP contribution >= 0.6 is 0 Å². The molecule has 0 bridgehead atoms. The van der Waals surface area contributed by atoms with Gasteiger partial charge in [0.05, 0.1) is 9.85 Å². The van der Waals surface area contributed by atoms with Crippen molar-refractivity contribution in [2.24, 2.45) is 0 Å². The third kappa shape index (κ3) is 2.44. The van der Waals surface area contributed by atoms with E-state index in [1.165, 1.54) is 24.3 Å². The van der Waals surface area contributed by atoms with Gasteiger partial charge in [-0.25, -0.2) is 0 Å². The lowest BCUT2D eigenvalue weighted by atomic mass is 9.72. The molecule has 0 aliphatic heterocycles. The second-order valence-corrected chi connectivity index (χ2v) is 9.49. The lowest BCUT2D eigenvalue weighted by Gasteiger charge is -2.30. The largest absolute Gasteiger partial charge is 0.502 e. The molecule has 0 atom stereocenters. The van der Waals surface area contributed by atoms with E-state index in [4.69, 9.17) is 0 Å². The number of hydrogen-bond acceptors (Lipinski definition) is 6. The Labute approximate surface area is 167 Å². The molecule has 8 nitrogen and oxygen atoms in total. The third-order valence-corrected chi connectivity index (χ3v) is 6.60. The Balaban J connectivity index is 2.05. The first-order valence-electron chi connectivity index (χ1n) is 9.35. The highest BCUT2D eigenvalue weighted by Crippen LogP contribution is 2.64. The highest BCUT2D eigenvalue weighted by molar-refractivity contribution is 5.67. The molecular weight excluding hydrogens is 376 g/mol. The fourth-order valence-corrected chi connectivity index (χ4v) is 5.65. The summed E-state index contributed by atoms with van der Waals surface area (Å²) in [6.45, 7) is 7.99. The number of phenolic OH excluding ortho intramolecular Hbond substituents is 2. The van der Waals surface area contributed by atoms with Gasteiger partial charge in [-0.15, -0.1) is 0 Å². The molecule has 0 saturated heterocycles. The summed E-state index contributed by atoms with van der Waals surface area (Å²) in [5.74, 6) is -0.800. The zero-order chi connectivity index (χ0) is 21.5. The van der Waals surface area contributed by atoms with Crippen LogP contribution in [-0.4, -0.2) is 20.1 Å². The summed E-state index contributed by atoms with van der Waals surface area (Å²) in [6.07, 6.45) is 1.23. The minimum Gasteiger partial charge on any atom is -0.502 e. The van der Waals surface area contributed by atoms with E-state index in [0.29, 0.717) is 12.8 Å². The van der Waals surface area contributed by atoms with Crippen LogP contribution in [0.4, 0.5) is 11.4 Å². The Morgan fingerprint density at radius 2 is 1.07 bits per heavy atom. The van der Waals surface area contributed by atoms with Crippen LogP contribution in [0.2, 0.25) is 0 Å². The second-order valence-electron chi connectivity index (χ2n) is 9.49. The van der Waals surface area contributed by atoms with Crippen molar-refractivity contribution in [3.63, 3.8) is 0 Å². The zero-order valence-electron chi connectivity index (χ0n) is 16.6. The summed E-state index contributed by atoms with van der Waals surface area (Å²) >= 11 is 0. The number of phenols is 2. The number of benzene rings is 2. The predicted octanol–water partition coefficient (Wildman–Crippen LogP) is 4.56. The van der Waals surface area contributed by atoms with Crippen LogP contribution in [0, 0.1) is 20.2 Å². The molecule has 0 saturated carbocycles. The summed E-state index contributed by atoms with van der Waals surface area (Å²) in [4.78, 5) is 21.5. The molecule has 1 spiro atoms. The molecule has 4 rings (SSSR count). The Morgan fingerprint density at radius 1 is 0.724 bits per heavy atom. The smallest absolute Gasteiger partial charge is 0.311 e. The van der Waals surface area contributed by atoms with Crippen molar-refractivity contribution in [2.45, 2.75) is 56.8 Å². The van der Waals surface area contributed by atoms with E-state index in [0.717, 1.165) is 22.3 Å². The van der Waals surface area contributed by atoms with Crippen LogP contribution in [0.3, 0.4) is 0 Å². The van der Waals surface area contributed by atoms with Crippen molar-refractivity contribution in [1.82, 2.24) is 0 Å². The fraction of sp³-hybridized carbons (Fsp3) is 0.429. The molecule has 2 aliphatic rings. The van der Waals surface area contributed by atoms with E-state index < -0.39 is 37.6 Å². The molecule has 2 aromatic carbocycles. The molecular formula is C21H22N2O6. The average molecular weight is 398 g/mol. The number of nitro groups is 2. The van der Waals surface area contributed by atoms with Crippen molar-refractivity contribution < 1.29 is 20.1 Å². The summed E-state index contributed by atoms with van der Waals surface area (Å²) < 4.78 is 0. The maximum Gasteiger partial charge on any atom is 0.311 e. The summed E-state index contributed by atoms with van der Waals surface area (Å²) in [7, 11) is 0. The Morgan fingerprint density at radius 3 is 1.38 bits per heavy atom. The number of nitrogens with zero attached hydrogens (tertiary/aromatic N) is 2. The van der Waals surface area contributed by atoms with Crippen molar-refractivity contribution in [2.75, 3.05) is 0 Å². The quantitative estimate of drug-likeness (QED) is 0.564. The first-order valence-corrected chi connectivity index (χ1v) is 9.35. The van der Waals surface area contributed by atoms with Gasteiger partial charge >= 0.3 is 11.4 Å². The number of rotatable bonds is 2. The summed E-state index contributed by atoms with van der Waals surface area (Å²) in [6, 6.07) is 5.81. The summed E-state index contributed by atoms with van der Waals surface area (Å²) in [5, 5.41) is 43.3. The maximum atomic E-state index is 11.3. The van der Waals surface area contributed by atoms with Crippen LogP contribution in [0.15, 0.2) is 24.3 Å². The standard InChI is InChI=1S/C21H22N2O6/c1-19(2)9-21(13-7-17(24)15(22(26)27)5-11(13)19)10-20(3,4)12-6-16(23(28)29)18(25)8-14(12)21/h5-8,24-25H,9-10H2,1-4H3. The number of nitro benzene ring substituents is 2. The Hall–Kier alpha value is -3.16. The second kappa shape index (κ2) is 5.46. The van der Waals surface area contributed by atoms with Gasteiger partial charge in [0.15, 0.2) is 11.5 Å². The topological polar surface area (TPSA) is 127 Å². The number of fused-ring (bicyclic) bond motifs is 4. The molecule has 0 unspecified atom stereocenters. The Bertz CT molecular complexity index is 1020. The van der Waals surface area contributed by atoms with E-state index in [1.807, 2.05) is 27.7 Å². The molecule has 0 aromatic heterocycles. The van der Waals surface area contributed by atoms with E-state index in [9.17, 15) is 30.4 Å². The molecule has 2 aromatic rings. The van der Waals surface area contributed by atoms with Crippen LogP contribution in [-0.2, 0) is 16.2 Å². The molecule has 0 heterocycles. The van der Waals surface area contributed by atoms with Gasteiger partial charge in [0, 0.05) is 17.5 Å². The van der Waals surface area contributed by atoms with Gasteiger partial charge in [0.1, 0.15) is 0 Å². The minimum absolute atomic E-state index is 0.335. The van der Waals surface area contributed by atoms with Gasteiger partial charge in [0.2, 0.25) is 0 Å². The molecule has 152 valence electrons. The molecule has 0 radical (unpaired) electrons.